The van der Waals surface area contributed by atoms with Crippen LogP contribution in [-0.2, 0) is 29.0 Å². The third-order valence-electron chi connectivity index (χ3n) is 5.38. The van der Waals surface area contributed by atoms with E-state index < -0.39 is 6.04 Å². The minimum absolute atomic E-state index is 0.0281. The van der Waals surface area contributed by atoms with Crippen molar-refractivity contribution in [2.24, 2.45) is 0 Å². The number of nitrogens with zero attached hydrogens (tertiary/aromatic N) is 1. The van der Waals surface area contributed by atoms with Gasteiger partial charge in [0.2, 0.25) is 11.8 Å². The largest absolute Gasteiger partial charge is 0.352 e. The Kier molecular flexibility index (Phi) is 8.67. The monoisotopic (exact) mass is 462 g/mol. The number of hydrogen-bond donors (Lipinski definition) is 1. The molecular weight excluding hydrogens is 432 g/mol. The van der Waals surface area contributed by atoms with E-state index in [0.29, 0.717) is 18.0 Å². The van der Waals surface area contributed by atoms with E-state index in [2.05, 4.69) is 11.4 Å². The Bertz CT molecular complexity index is 1080. The first-order valence-electron chi connectivity index (χ1n) is 11.3. The fraction of sp³-hybridized carbons (Fsp3) is 0.286. The second-order valence-corrected chi connectivity index (χ2v) is 9.12. The minimum Gasteiger partial charge on any atom is -0.352 e. The average molecular weight is 463 g/mol. The number of carbonyl (C=O) groups excluding carboxylic acids is 2. The van der Waals surface area contributed by atoms with Gasteiger partial charge in [0.25, 0.3) is 0 Å². The molecule has 1 atom stereocenters. The Morgan fingerprint density at radius 3 is 2.21 bits per heavy atom. The van der Waals surface area contributed by atoms with Crippen LogP contribution in [0.4, 0.5) is 0 Å². The molecule has 0 aliphatic carbocycles. The van der Waals surface area contributed by atoms with Crippen LogP contribution in [0.15, 0.2) is 78.9 Å². The van der Waals surface area contributed by atoms with Gasteiger partial charge < -0.3 is 10.2 Å². The van der Waals surface area contributed by atoms with Crippen molar-refractivity contribution in [3.05, 3.63) is 106 Å². The SMILES string of the molecule is Cc1cccc(CN(C(=O)Cc2cccc(Cl)c2)[C@H](Cc2ccccc2)C(=O)NC(C)C)c1. The molecule has 0 aliphatic heterocycles. The van der Waals surface area contributed by atoms with Crippen LogP contribution in [0, 0.1) is 6.92 Å². The summed E-state index contributed by atoms with van der Waals surface area (Å²) in [6, 6.07) is 24.5. The van der Waals surface area contributed by atoms with Crippen molar-refractivity contribution in [1.82, 2.24) is 10.2 Å². The van der Waals surface area contributed by atoms with Crippen LogP contribution < -0.4 is 5.32 Å². The maximum absolute atomic E-state index is 13.6. The normalized spacial score (nSPS) is 11.8. The highest BCUT2D eigenvalue weighted by molar-refractivity contribution is 6.30. The number of aryl methyl sites for hydroxylation is 1. The third-order valence-corrected chi connectivity index (χ3v) is 5.62. The van der Waals surface area contributed by atoms with Crippen molar-refractivity contribution in [3.63, 3.8) is 0 Å². The van der Waals surface area contributed by atoms with Crippen LogP contribution in [0.2, 0.25) is 5.02 Å². The highest BCUT2D eigenvalue weighted by Gasteiger charge is 2.30. The molecule has 0 fully saturated rings. The molecule has 172 valence electrons. The highest BCUT2D eigenvalue weighted by atomic mass is 35.5. The molecular formula is C28H31ClN2O2. The molecule has 0 saturated heterocycles. The van der Waals surface area contributed by atoms with Crippen molar-refractivity contribution in [2.45, 2.75) is 52.2 Å². The summed E-state index contributed by atoms with van der Waals surface area (Å²) in [4.78, 5) is 28.7. The number of amides is 2. The molecule has 0 radical (unpaired) electrons. The molecule has 1 N–H and O–H groups in total. The molecule has 2 amide bonds. The van der Waals surface area contributed by atoms with E-state index in [-0.39, 0.29) is 24.3 Å². The van der Waals surface area contributed by atoms with E-state index in [1.54, 1.807) is 17.0 Å². The van der Waals surface area contributed by atoms with Crippen LogP contribution in [-0.4, -0.2) is 28.8 Å². The van der Waals surface area contributed by atoms with E-state index >= 15 is 0 Å². The van der Waals surface area contributed by atoms with Gasteiger partial charge in [-0.05, 0) is 49.6 Å². The van der Waals surface area contributed by atoms with Crippen molar-refractivity contribution in [1.29, 1.82) is 0 Å². The number of rotatable bonds is 9. The lowest BCUT2D eigenvalue weighted by Gasteiger charge is -2.32. The predicted octanol–water partition coefficient (Wildman–Crippen LogP) is 5.36. The number of hydrogen-bond acceptors (Lipinski definition) is 2. The average Bonchev–Trinajstić information content (AvgIpc) is 2.76. The van der Waals surface area contributed by atoms with Gasteiger partial charge in [-0.25, -0.2) is 0 Å². The summed E-state index contributed by atoms with van der Waals surface area (Å²) in [5.41, 5.74) is 3.93. The zero-order valence-electron chi connectivity index (χ0n) is 19.4. The summed E-state index contributed by atoms with van der Waals surface area (Å²) in [7, 11) is 0. The number of nitrogens with one attached hydrogen (secondary N) is 1. The Hall–Kier alpha value is -3.11. The molecule has 3 aromatic carbocycles. The number of benzene rings is 3. The fourth-order valence-corrected chi connectivity index (χ4v) is 4.08. The second kappa shape index (κ2) is 11.7. The predicted molar refractivity (Wildman–Crippen MR) is 134 cm³/mol. The van der Waals surface area contributed by atoms with Gasteiger partial charge in [-0.1, -0.05) is 83.9 Å². The standard InChI is InChI=1S/C28H31ClN2O2/c1-20(2)30-28(33)26(17-22-10-5-4-6-11-22)31(19-24-13-7-9-21(3)15-24)27(32)18-23-12-8-14-25(29)16-23/h4-16,20,26H,17-19H2,1-3H3,(H,30,33)/t26-/m1/s1. The Morgan fingerprint density at radius 2 is 1.55 bits per heavy atom. The molecule has 33 heavy (non-hydrogen) atoms. The lowest BCUT2D eigenvalue weighted by atomic mass is 10.0. The minimum atomic E-state index is -0.637. The van der Waals surface area contributed by atoms with Gasteiger partial charge in [-0.2, -0.15) is 0 Å². The summed E-state index contributed by atoms with van der Waals surface area (Å²) in [5, 5.41) is 3.60. The van der Waals surface area contributed by atoms with Crippen molar-refractivity contribution in [2.75, 3.05) is 0 Å². The van der Waals surface area contributed by atoms with Gasteiger partial charge in [-0.15, -0.1) is 0 Å². The van der Waals surface area contributed by atoms with E-state index in [1.807, 2.05) is 81.4 Å². The van der Waals surface area contributed by atoms with Gasteiger partial charge in [0.1, 0.15) is 6.04 Å². The number of carbonyl (C=O) groups is 2. The Balaban J connectivity index is 1.97. The van der Waals surface area contributed by atoms with Crippen LogP contribution in [0.25, 0.3) is 0 Å². The highest BCUT2D eigenvalue weighted by Crippen LogP contribution is 2.18. The summed E-state index contributed by atoms with van der Waals surface area (Å²) >= 11 is 6.14. The molecule has 5 heteroatoms. The lowest BCUT2D eigenvalue weighted by molar-refractivity contribution is -0.141. The summed E-state index contributed by atoms with van der Waals surface area (Å²) < 4.78 is 0. The summed E-state index contributed by atoms with van der Waals surface area (Å²) in [6.07, 6.45) is 0.610. The van der Waals surface area contributed by atoms with Crippen LogP contribution >= 0.6 is 11.6 Å². The fourth-order valence-electron chi connectivity index (χ4n) is 3.86. The van der Waals surface area contributed by atoms with Gasteiger partial charge in [-0.3, -0.25) is 9.59 Å². The maximum Gasteiger partial charge on any atom is 0.243 e. The third kappa shape index (κ3) is 7.47. The Labute approximate surface area is 201 Å². The van der Waals surface area contributed by atoms with Crippen LogP contribution in [0.3, 0.4) is 0 Å². The van der Waals surface area contributed by atoms with Gasteiger partial charge in [0, 0.05) is 24.0 Å². The molecule has 0 spiro atoms. The van der Waals surface area contributed by atoms with Crippen LogP contribution in [0.5, 0.6) is 0 Å². The molecule has 3 aromatic rings. The molecule has 0 unspecified atom stereocenters. The van der Waals surface area contributed by atoms with E-state index in [1.165, 1.54) is 0 Å². The lowest BCUT2D eigenvalue weighted by Crippen LogP contribution is -2.52. The summed E-state index contributed by atoms with van der Waals surface area (Å²) in [6.45, 7) is 6.23. The first kappa shape index (κ1) is 24.5. The molecule has 4 nitrogen and oxygen atoms in total. The van der Waals surface area contributed by atoms with Crippen molar-refractivity contribution >= 4 is 23.4 Å². The molecule has 3 rings (SSSR count). The number of halogens is 1. The van der Waals surface area contributed by atoms with E-state index in [4.69, 9.17) is 11.6 Å². The van der Waals surface area contributed by atoms with Crippen LogP contribution in [0.1, 0.15) is 36.1 Å². The second-order valence-electron chi connectivity index (χ2n) is 8.69. The molecule has 0 aliphatic rings. The summed E-state index contributed by atoms with van der Waals surface area (Å²) in [5.74, 6) is -0.264. The molecule has 0 heterocycles. The quantitative estimate of drug-likeness (QED) is 0.465. The Morgan fingerprint density at radius 1 is 0.879 bits per heavy atom. The zero-order chi connectivity index (χ0) is 23.8. The molecule has 0 bridgehead atoms. The smallest absolute Gasteiger partial charge is 0.243 e. The van der Waals surface area contributed by atoms with Crippen molar-refractivity contribution in [3.8, 4) is 0 Å². The van der Waals surface area contributed by atoms with Crippen molar-refractivity contribution < 1.29 is 9.59 Å². The first-order valence-corrected chi connectivity index (χ1v) is 11.6. The molecule has 0 saturated carbocycles. The van der Waals surface area contributed by atoms with Gasteiger partial charge in [0.15, 0.2) is 0 Å². The zero-order valence-corrected chi connectivity index (χ0v) is 20.2. The maximum atomic E-state index is 13.6. The van der Waals surface area contributed by atoms with E-state index in [0.717, 1.165) is 22.3 Å². The molecule has 0 aromatic heterocycles. The van der Waals surface area contributed by atoms with Gasteiger partial charge in [0.05, 0.1) is 6.42 Å². The van der Waals surface area contributed by atoms with E-state index in [9.17, 15) is 9.59 Å². The topological polar surface area (TPSA) is 49.4 Å². The first-order chi connectivity index (χ1) is 15.8. The van der Waals surface area contributed by atoms with Gasteiger partial charge >= 0.3 is 0 Å².